The Morgan fingerprint density at radius 1 is 1.16 bits per heavy atom. The third-order valence-corrected chi connectivity index (χ3v) is 8.91. The third kappa shape index (κ3) is 3.85. The van der Waals surface area contributed by atoms with Crippen LogP contribution < -0.4 is 10.6 Å². The first-order valence-corrected chi connectivity index (χ1v) is 13.0. The van der Waals surface area contributed by atoms with Crippen molar-refractivity contribution in [3.05, 3.63) is 65.2 Å². The van der Waals surface area contributed by atoms with Gasteiger partial charge < -0.3 is 25.4 Å². The van der Waals surface area contributed by atoms with Gasteiger partial charge in [-0.05, 0) is 43.4 Å². The zero-order valence-corrected chi connectivity index (χ0v) is 21.9. The number of aliphatic hydroxyl groups excluding tert-OH is 1. The van der Waals surface area contributed by atoms with E-state index < -0.39 is 41.0 Å². The van der Waals surface area contributed by atoms with Gasteiger partial charge in [0.1, 0.15) is 11.6 Å². The molecule has 7 atom stereocenters. The minimum absolute atomic E-state index is 0.0730. The lowest BCUT2D eigenvalue weighted by Crippen LogP contribution is -2.57. The Balaban J connectivity index is 1.61. The standard InChI is InChI=1S/C28H32ClN3O5/c1-16-14-28-22(21(24(34)30-3)27(16,2)37-28)26(36)32(18(15-33)13-17-9-5-4-6-10-17)23(28)25(35)31-20-12-8-7-11-19(20)29/h4-12,16,18,21-23,33H,13-15H2,1-3H3,(H,30,34)(H,31,35)/t16?,18-,21-,22+,23?,27+,28?/m1/s1. The monoisotopic (exact) mass is 525 g/mol. The van der Waals surface area contributed by atoms with Gasteiger partial charge in [-0.2, -0.15) is 0 Å². The molecule has 0 aliphatic carbocycles. The van der Waals surface area contributed by atoms with Crippen LogP contribution in [0.1, 0.15) is 25.8 Å². The number of carbonyl (C=O) groups is 3. The van der Waals surface area contributed by atoms with Crippen molar-refractivity contribution < 1.29 is 24.2 Å². The predicted molar refractivity (Wildman–Crippen MR) is 139 cm³/mol. The number of hydrogen-bond donors (Lipinski definition) is 3. The molecule has 3 fully saturated rings. The summed E-state index contributed by atoms with van der Waals surface area (Å²) < 4.78 is 6.67. The van der Waals surface area contributed by atoms with Gasteiger partial charge in [-0.25, -0.2) is 0 Å². The number of anilines is 1. The molecule has 0 aromatic heterocycles. The number of halogens is 1. The molecule has 2 bridgehead atoms. The molecule has 3 heterocycles. The van der Waals surface area contributed by atoms with E-state index in [-0.39, 0.29) is 24.3 Å². The van der Waals surface area contributed by atoms with Gasteiger partial charge >= 0.3 is 0 Å². The molecule has 8 nitrogen and oxygen atoms in total. The smallest absolute Gasteiger partial charge is 0.250 e. The molecular formula is C28H32ClN3O5. The minimum atomic E-state index is -1.21. The molecule has 3 aliphatic heterocycles. The van der Waals surface area contributed by atoms with Crippen molar-refractivity contribution in [1.29, 1.82) is 0 Å². The fourth-order valence-electron chi connectivity index (χ4n) is 6.83. The van der Waals surface area contributed by atoms with Crippen molar-refractivity contribution in [1.82, 2.24) is 10.2 Å². The number of para-hydroxylation sites is 1. The highest BCUT2D eigenvalue weighted by molar-refractivity contribution is 6.33. The number of nitrogens with one attached hydrogen (secondary N) is 2. The summed E-state index contributed by atoms with van der Waals surface area (Å²) in [5, 5.41) is 16.4. The van der Waals surface area contributed by atoms with E-state index in [1.54, 1.807) is 31.3 Å². The highest BCUT2D eigenvalue weighted by Crippen LogP contribution is 2.65. The number of carbonyl (C=O) groups excluding carboxylic acids is 3. The topological polar surface area (TPSA) is 108 Å². The maximum absolute atomic E-state index is 14.2. The Morgan fingerprint density at radius 3 is 2.49 bits per heavy atom. The summed E-state index contributed by atoms with van der Waals surface area (Å²) in [5.41, 5.74) is -0.774. The summed E-state index contributed by atoms with van der Waals surface area (Å²) in [5.74, 6) is -2.77. The van der Waals surface area contributed by atoms with Crippen molar-refractivity contribution in [3.63, 3.8) is 0 Å². The van der Waals surface area contributed by atoms with Crippen LogP contribution >= 0.6 is 11.6 Å². The molecule has 3 amide bonds. The summed E-state index contributed by atoms with van der Waals surface area (Å²) in [4.78, 5) is 42.9. The molecule has 0 saturated carbocycles. The van der Waals surface area contributed by atoms with Crippen LogP contribution in [-0.2, 0) is 25.5 Å². The zero-order chi connectivity index (χ0) is 26.5. The van der Waals surface area contributed by atoms with Crippen molar-refractivity contribution in [2.45, 2.75) is 50.0 Å². The molecule has 3 saturated heterocycles. The molecule has 2 aromatic rings. The van der Waals surface area contributed by atoms with Crippen molar-refractivity contribution in [2.24, 2.45) is 17.8 Å². The number of amides is 3. The Hall–Kier alpha value is -2.94. The van der Waals surface area contributed by atoms with E-state index in [1.807, 2.05) is 44.2 Å². The summed E-state index contributed by atoms with van der Waals surface area (Å²) in [6.07, 6.45) is 0.785. The molecule has 3 aliphatic rings. The van der Waals surface area contributed by atoms with Gasteiger partial charge in [-0.15, -0.1) is 0 Å². The van der Waals surface area contributed by atoms with Crippen molar-refractivity contribution in [3.8, 4) is 0 Å². The number of aliphatic hydroxyl groups is 1. The van der Waals surface area contributed by atoms with E-state index in [1.165, 1.54) is 4.90 Å². The highest BCUT2D eigenvalue weighted by Gasteiger charge is 2.80. The lowest BCUT2D eigenvalue weighted by atomic mass is 9.62. The predicted octanol–water partition coefficient (Wildman–Crippen LogP) is 2.64. The molecule has 5 rings (SSSR count). The Labute approximate surface area is 221 Å². The fourth-order valence-corrected chi connectivity index (χ4v) is 7.01. The van der Waals surface area contributed by atoms with Crippen molar-refractivity contribution >= 4 is 35.0 Å². The van der Waals surface area contributed by atoms with E-state index in [9.17, 15) is 19.5 Å². The molecule has 196 valence electrons. The summed E-state index contributed by atoms with van der Waals surface area (Å²) in [6, 6.07) is 14.6. The largest absolute Gasteiger partial charge is 0.394 e. The van der Waals surface area contributed by atoms with Gasteiger partial charge in [0, 0.05) is 7.05 Å². The van der Waals surface area contributed by atoms with Crippen LogP contribution in [0.15, 0.2) is 54.6 Å². The lowest BCUT2D eigenvalue weighted by Gasteiger charge is -2.37. The van der Waals surface area contributed by atoms with E-state index >= 15 is 0 Å². The third-order valence-electron chi connectivity index (χ3n) is 8.58. The number of rotatable bonds is 7. The molecule has 3 unspecified atom stereocenters. The van der Waals surface area contributed by atoms with Crippen LogP contribution in [0, 0.1) is 17.8 Å². The molecule has 1 spiro atoms. The average Bonchev–Trinajstić information content (AvgIpc) is 3.40. The van der Waals surface area contributed by atoms with E-state index in [4.69, 9.17) is 16.3 Å². The molecule has 9 heteroatoms. The Bertz CT molecular complexity index is 1230. The van der Waals surface area contributed by atoms with Gasteiger partial charge in [-0.1, -0.05) is 61.0 Å². The summed E-state index contributed by atoms with van der Waals surface area (Å²) in [7, 11) is 1.54. The second kappa shape index (κ2) is 9.42. The lowest BCUT2D eigenvalue weighted by molar-refractivity contribution is -0.149. The van der Waals surface area contributed by atoms with E-state index in [0.29, 0.717) is 23.6 Å². The van der Waals surface area contributed by atoms with Crippen LogP contribution in [0.4, 0.5) is 5.69 Å². The molecule has 37 heavy (non-hydrogen) atoms. The molecular weight excluding hydrogens is 494 g/mol. The number of ether oxygens (including phenoxy) is 1. The number of benzene rings is 2. The van der Waals surface area contributed by atoms with E-state index in [2.05, 4.69) is 10.6 Å². The van der Waals surface area contributed by atoms with Crippen LogP contribution in [-0.4, -0.2) is 64.7 Å². The average molecular weight is 526 g/mol. The van der Waals surface area contributed by atoms with Gasteiger partial charge in [-0.3, -0.25) is 14.4 Å². The number of likely N-dealkylation sites (tertiary alicyclic amines) is 1. The maximum Gasteiger partial charge on any atom is 0.250 e. The minimum Gasteiger partial charge on any atom is -0.394 e. The number of hydrogen-bond acceptors (Lipinski definition) is 5. The first-order chi connectivity index (χ1) is 17.7. The van der Waals surface area contributed by atoms with E-state index in [0.717, 1.165) is 5.56 Å². The van der Waals surface area contributed by atoms with Crippen molar-refractivity contribution in [2.75, 3.05) is 19.0 Å². The summed E-state index contributed by atoms with van der Waals surface area (Å²) >= 11 is 6.33. The Morgan fingerprint density at radius 2 is 1.84 bits per heavy atom. The van der Waals surface area contributed by atoms with Gasteiger partial charge in [0.25, 0.3) is 0 Å². The second-order valence-electron chi connectivity index (χ2n) is 10.6. The number of fused-ring (bicyclic) bond motifs is 1. The van der Waals surface area contributed by atoms with Gasteiger partial charge in [0.15, 0.2) is 0 Å². The SMILES string of the molecule is CNC(=O)[C@H]1[C@H]2C(=O)N([C@@H](CO)Cc3ccccc3)C(C(=O)Nc3ccccc3Cl)C23CC(C)[C@]1(C)O3. The fraction of sp³-hybridized carbons (Fsp3) is 0.464. The highest BCUT2D eigenvalue weighted by atomic mass is 35.5. The first kappa shape index (κ1) is 25.7. The molecule has 0 radical (unpaired) electrons. The van der Waals surface area contributed by atoms with Gasteiger partial charge in [0.2, 0.25) is 17.7 Å². The molecule has 2 aromatic carbocycles. The molecule has 3 N–H and O–H groups in total. The van der Waals surface area contributed by atoms with Crippen LogP contribution in [0.5, 0.6) is 0 Å². The van der Waals surface area contributed by atoms with Crippen LogP contribution in [0.3, 0.4) is 0 Å². The zero-order valence-electron chi connectivity index (χ0n) is 21.1. The normalized spacial score (nSPS) is 32.8. The second-order valence-corrected chi connectivity index (χ2v) is 11.0. The summed E-state index contributed by atoms with van der Waals surface area (Å²) in [6.45, 7) is 3.50. The number of nitrogens with zero attached hydrogens (tertiary/aromatic N) is 1. The Kier molecular flexibility index (Phi) is 6.54. The van der Waals surface area contributed by atoms with Gasteiger partial charge in [0.05, 0.1) is 40.8 Å². The quantitative estimate of drug-likeness (QED) is 0.515. The van der Waals surface area contributed by atoms with Crippen LogP contribution in [0.2, 0.25) is 5.02 Å². The first-order valence-electron chi connectivity index (χ1n) is 12.6. The maximum atomic E-state index is 14.2. The van der Waals surface area contributed by atoms with Crippen LogP contribution in [0.25, 0.3) is 0 Å².